The highest BCUT2D eigenvalue weighted by molar-refractivity contribution is 7.89. The molecule has 116 valence electrons. The van der Waals surface area contributed by atoms with Gasteiger partial charge < -0.3 is 11.1 Å². The second-order valence-electron chi connectivity index (χ2n) is 5.20. The smallest absolute Gasteiger partial charge is 0.243 e. The number of sulfonamides is 1. The molecule has 2 rings (SSSR count). The topological polar surface area (TPSA) is 92.5 Å². The maximum atomic E-state index is 12.7. The minimum atomic E-state index is -3.51. The molecule has 1 heterocycles. The van der Waals surface area contributed by atoms with Crippen molar-refractivity contribution in [1.29, 1.82) is 0 Å². The summed E-state index contributed by atoms with van der Waals surface area (Å²) in [6.07, 6.45) is 2.85. The fraction of sp³-hybridized carbons (Fsp3) is 0.500. The van der Waals surface area contributed by atoms with Crippen molar-refractivity contribution in [1.82, 2.24) is 4.31 Å². The lowest BCUT2D eigenvalue weighted by atomic mass is 10.2. The predicted molar refractivity (Wildman–Crippen MR) is 81.5 cm³/mol. The minimum Gasteiger partial charge on any atom is -0.325 e. The lowest BCUT2D eigenvalue weighted by Crippen LogP contribution is -2.36. The van der Waals surface area contributed by atoms with Crippen LogP contribution in [0, 0.1) is 6.92 Å². The van der Waals surface area contributed by atoms with Crippen LogP contribution in [0.15, 0.2) is 23.1 Å². The van der Waals surface area contributed by atoms with E-state index >= 15 is 0 Å². The second-order valence-corrected chi connectivity index (χ2v) is 7.10. The molecule has 1 aliphatic heterocycles. The standard InChI is InChI=1S/C14H21N3O3S/c1-11-5-6-12(16-14(18)10-15)9-13(11)21(19,20)17-7-3-2-4-8-17/h5-6,9H,2-4,7-8,10,15H2,1H3,(H,16,18). The summed E-state index contributed by atoms with van der Waals surface area (Å²) in [6.45, 7) is 2.73. The molecule has 0 bridgehead atoms. The highest BCUT2D eigenvalue weighted by atomic mass is 32.2. The number of rotatable bonds is 4. The van der Waals surface area contributed by atoms with Crippen molar-refractivity contribution in [2.45, 2.75) is 31.1 Å². The van der Waals surface area contributed by atoms with Crippen LogP contribution < -0.4 is 11.1 Å². The van der Waals surface area contributed by atoms with Gasteiger partial charge in [-0.1, -0.05) is 12.5 Å². The predicted octanol–water partition coefficient (Wildman–Crippen LogP) is 1.07. The summed E-state index contributed by atoms with van der Waals surface area (Å²) in [4.78, 5) is 11.6. The van der Waals surface area contributed by atoms with E-state index in [1.165, 1.54) is 10.4 Å². The average molecular weight is 311 g/mol. The van der Waals surface area contributed by atoms with Crippen molar-refractivity contribution in [3.05, 3.63) is 23.8 Å². The Morgan fingerprint density at radius 1 is 1.29 bits per heavy atom. The summed E-state index contributed by atoms with van der Waals surface area (Å²) < 4.78 is 26.9. The summed E-state index contributed by atoms with van der Waals surface area (Å²) in [7, 11) is -3.51. The number of nitrogens with one attached hydrogen (secondary N) is 1. The Bertz CT molecular complexity index is 622. The number of anilines is 1. The van der Waals surface area contributed by atoms with Gasteiger partial charge in [0.1, 0.15) is 0 Å². The van der Waals surface area contributed by atoms with Crippen LogP contribution in [-0.4, -0.2) is 38.3 Å². The number of nitrogens with zero attached hydrogens (tertiary/aromatic N) is 1. The fourth-order valence-electron chi connectivity index (χ4n) is 2.41. The third-order valence-corrected chi connectivity index (χ3v) is 5.63. The van der Waals surface area contributed by atoms with Crippen LogP contribution in [-0.2, 0) is 14.8 Å². The van der Waals surface area contributed by atoms with Gasteiger partial charge in [-0.3, -0.25) is 4.79 Å². The Morgan fingerprint density at radius 3 is 2.57 bits per heavy atom. The van der Waals surface area contributed by atoms with Gasteiger partial charge in [0, 0.05) is 18.8 Å². The third kappa shape index (κ3) is 3.61. The van der Waals surface area contributed by atoms with Gasteiger partial charge in [-0.05, 0) is 37.5 Å². The van der Waals surface area contributed by atoms with Gasteiger partial charge in [-0.15, -0.1) is 0 Å². The number of carbonyl (C=O) groups is 1. The molecule has 0 spiro atoms. The first-order chi connectivity index (χ1) is 9.95. The lowest BCUT2D eigenvalue weighted by molar-refractivity contribution is -0.114. The van der Waals surface area contributed by atoms with Gasteiger partial charge in [-0.25, -0.2) is 8.42 Å². The van der Waals surface area contributed by atoms with Gasteiger partial charge in [0.25, 0.3) is 0 Å². The summed E-state index contributed by atoms with van der Waals surface area (Å²) >= 11 is 0. The first kappa shape index (κ1) is 15.9. The van der Waals surface area contributed by atoms with E-state index in [0.29, 0.717) is 24.3 Å². The average Bonchev–Trinajstić information content (AvgIpc) is 2.49. The van der Waals surface area contributed by atoms with E-state index in [2.05, 4.69) is 5.32 Å². The number of hydrogen-bond donors (Lipinski definition) is 2. The number of piperidine rings is 1. The van der Waals surface area contributed by atoms with Crippen molar-refractivity contribution < 1.29 is 13.2 Å². The third-order valence-electron chi connectivity index (χ3n) is 3.59. The second kappa shape index (κ2) is 6.55. The Morgan fingerprint density at radius 2 is 1.95 bits per heavy atom. The molecule has 1 aromatic rings. The monoisotopic (exact) mass is 311 g/mol. The van der Waals surface area contributed by atoms with Gasteiger partial charge in [0.05, 0.1) is 11.4 Å². The molecule has 1 amide bonds. The molecule has 0 atom stereocenters. The maximum absolute atomic E-state index is 12.7. The molecule has 0 aliphatic carbocycles. The number of nitrogens with two attached hydrogens (primary N) is 1. The normalized spacial score (nSPS) is 16.7. The molecule has 7 heteroatoms. The summed E-state index contributed by atoms with van der Waals surface area (Å²) in [5.41, 5.74) is 6.38. The van der Waals surface area contributed by atoms with Gasteiger partial charge in [-0.2, -0.15) is 4.31 Å². The molecule has 0 aromatic heterocycles. The Labute approximate surface area is 125 Å². The SMILES string of the molecule is Cc1ccc(NC(=O)CN)cc1S(=O)(=O)N1CCCCC1. The number of aryl methyl sites for hydroxylation is 1. The van der Waals surface area contributed by atoms with Crippen LogP contribution >= 0.6 is 0 Å². The van der Waals surface area contributed by atoms with E-state index < -0.39 is 10.0 Å². The van der Waals surface area contributed by atoms with Gasteiger partial charge in [0.2, 0.25) is 15.9 Å². The van der Waals surface area contributed by atoms with E-state index in [0.717, 1.165) is 19.3 Å². The fourth-order valence-corrected chi connectivity index (χ4v) is 4.18. The van der Waals surface area contributed by atoms with Crippen molar-refractivity contribution >= 4 is 21.6 Å². The zero-order valence-electron chi connectivity index (χ0n) is 12.1. The van der Waals surface area contributed by atoms with Gasteiger partial charge in [0.15, 0.2) is 0 Å². The minimum absolute atomic E-state index is 0.137. The lowest BCUT2D eigenvalue weighted by Gasteiger charge is -2.26. The van der Waals surface area contributed by atoms with Crippen molar-refractivity contribution in [2.24, 2.45) is 5.73 Å². The number of carbonyl (C=O) groups excluding carboxylic acids is 1. The molecular formula is C14H21N3O3S. The molecular weight excluding hydrogens is 290 g/mol. The van der Waals surface area contributed by atoms with Crippen LogP contribution in [0.25, 0.3) is 0 Å². The van der Waals surface area contributed by atoms with Crippen LogP contribution in [0.3, 0.4) is 0 Å². The summed E-state index contributed by atoms with van der Waals surface area (Å²) in [6, 6.07) is 4.88. The molecule has 1 fully saturated rings. The molecule has 1 aromatic carbocycles. The van der Waals surface area contributed by atoms with E-state index in [-0.39, 0.29) is 17.3 Å². The molecule has 1 saturated heterocycles. The van der Waals surface area contributed by atoms with E-state index in [9.17, 15) is 13.2 Å². The zero-order chi connectivity index (χ0) is 15.5. The van der Waals surface area contributed by atoms with Gasteiger partial charge >= 0.3 is 0 Å². The summed E-state index contributed by atoms with van der Waals surface area (Å²) in [5, 5.41) is 2.59. The largest absolute Gasteiger partial charge is 0.325 e. The number of amides is 1. The molecule has 21 heavy (non-hydrogen) atoms. The van der Waals surface area contributed by atoms with E-state index in [1.54, 1.807) is 19.1 Å². The van der Waals surface area contributed by atoms with Crippen molar-refractivity contribution in [2.75, 3.05) is 25.0 Å². The Kier molecular flexibility index (Phi) is 4.97. The first-order valence-corrected chi connectivity index (χ1v) is 8.50. The number of benzene rings is 1. The maximum Gasteiger partial charge on any atom is 0.243 e. The van der Waals surface area contributed by atoms with Crippen LogP contribution in [0.4, 0.5) is 5.69 Å². The molecule has 6 nitrogen and oxygen atoms in total. The number of hydrogen-bond acceptors (Lipinski definition) is 4. The molecule has 1 aliphatic rings. The Balaban J connectivity index is 2.33. The van der Waals surface area contributed by atoms with Crippen molar-refractivity contribution in [3.8, 4) is 0 Å². The van der Waals surface area contributed by atoms with Crippen LogP contribution in [0.1, 0.15) is 24.8 Å². The van der Waals surface area contributed by atoms with E-state index in [4.69, 9.17) is 5.73 Å². The molecule has 3 N–H and O–H groups in total. The quantitative estimate of drug-likeness (QED) is 0.870. The summed E-state index contributed by atoms with van der Waals surface area (Å²) in [5.74, 6) is -0.347. The zero-order valence-corrected chi connectivity index (χ0v) is 12.9. The molecule has 0 unspecified atom stereocenters. The van der Waals surface area contributed by atoms with Crippen LogP contribution in [0.5, 0.6) is 0 Å². The van der Waals surface area contributed by atoms with Crippen molar-refractivity contribution in [3.63, 3.8) is 0 Å². The highest BCUT2D eigenvalue weighted by Crippen LogP contribution is 2.25. The highest BCUT2D eigenvalue weighted by Gasteiger charge is 2.27. The first-order valence-electron chi connectivity index (χ1n) is 7.06. The van der Waals surface area contributed by atoms with Crippen LogP contribution in [0.2, 0.25) is 0 Å². The molecule has 0 radical (unpaired) electrons. The Hall–Kier alpha value is -1.44. The van der Waals surface area contributed by atoms with E-state index in [1.807, 2.05) is 0 Å². The molecule has 0 saturated carbocycles.